The molecule has 1 nitrogen and oxygen atoms in total. The SMILES string of the molecule is CC1=C(/C=C\C(C)C)C2(C/C=C\C=C/Cc3c(N(c4ccc(-c5cccc6c5C(C)(C)c5ccccc5-6)cc4)c4ccc5c(c4)C(c4ccccc4)(c4ccccc4)c4ccccc4-5)cccc32)c2ccccc21. The number of benzene rings is 9. The predicted octanol–water partition coefficient (Wildman–Crippen LogP) is 18.8. The lowest BCUT2D eigenvalue weighted by molar-refractivity contribution is 0.632. The van der Waals surface area contributed by atoms with E-state index in [4.69, 9.17) is 0 Å². The lowest BCUT2D eigenvalue weighted by Gasteiger charge is -2.38. The third-order valence-electron chi connectivity index (χ3n) is 17.0. The number of hydrogen-bond donors (Lipinski definition) is 0. The summed E-state index contributed by atoms with van der Waals surface area (Å²) in [4.78, 5) is 2.58. The molecule has 0 N–H and O–H groups in total. The zero-order chi connectivity index (χ0) is 50.2. The highest BCUT2D eigenvalue weighted by Crippen LogP contribution is 2.60. The third kappa shape index (κ3) is 6.75. The van der Waals surface area contributed by atoms with Crippen molar-refractivity contribution in [2.24, 2.45) is 5.92 Å². The van der Waals surface area contributed by atoms with Crippen molar-refractivity contribution in [1.82, 2.24) is 0 Å². The van der Waals surface area contributed by atoms with Gasteiger partial charge in [-0.3, -0.25) is 0 Å². The maximum absolute atomic E-state index is 2.58. The monoisotopic (exact) mass is 951 g/mol. The lowest BCUT2D eigenvalue weighted by atomic mass is 9.67. The first-order valence-corrected chi connectivity index (χ1v) is 26.7. The van der Waals surface area contributed by atoms with Gasteiger partial charge in [0.25, 0.3) is 0 Å². The molecule has 1 atom stereocenters. The van der Waals surface area contributed by atoms with Crippen molar-refractivity contribution in [3.8, 4) is 33.4 Å². The van der Waals surface area contributed by atoms with Crippen molar-refractivity contribution in [2.75, 3.05) is 4.90 Å². The molecule has 74 heavy (non-hydrogen) atoms. The lowest BCUT2D eigenvalue weighted by Crippen LogP contribution is -2.30. The molecule has 13 rings (SSSR count). The van der Waals surface area contributed by atoms with Crippen LogP contribution in [0.3, 0.4) is 0 Å². The second-order valence-corrected chi connectivity index (χ2v) is 21.7. The van der Waals surface area contributed by atoms with Crippen LogP contribution in [-0.4, -0.2) is 0 Å². The molecule has 0 amide bonds. The van der Waals surface area contributed by atoms with Gasteiger partial charge in [0.2, 0.25) is 0 Å². The van der Waals surface area contributed by atoms with Crippen LogP contribution in [0.4, 0.5) is 17.1 Å². The van der Waals surface area contributed by atoms with E-state index in [1.54, 1.807) is 0 Å². The van der Waals surface area contributed by atoms with E-state index in [0.717, 1.165) is 24.2 Å². The van der Waals surface area contributed by atoms with Crippen LogP contribution < -0.4 is 4.90 Å². The quantitative estimate of drug-likeness (QED) is 0.147. The smallest absolute Gasteiger partial charge is 0.0714 e. The Kier molecular flexibility index (Phi) is 10.9. The zero-order valence-corrected chi connectivity index (χ0v) is 43.1. The van der Waals surface area contributed by atoms with Crippen LogP contribution in [0.1, 0.15) is 96.7 Å². The second-order valence-electron chi connectivity index (χ2n) is 21.7. The first-order chi connectivity index (χ1) is 36.2. The van der Waals surface area contributed by atoms with E-state index in [-0.39, 0.29) is 5.41 Å². The Balaban J connectivity index is 1.07. The number of anilines is 3. The molecule has 0 fully saturated rings. The van der Waals surface area contributed by atoms with Gasteiger partial charge in [-0.1, -0.05) is 246 Å². The molecule has 0 saturated heterocycles. The molecule has 9 aromatic rings. The molecular weight excluding hydrogens is 891 g/mol. The standard InChI is InChI=1S/C73H61N/c1-49(2)39-46-63-50(3)56-28-15-19-35-65(56)72(63)47-21-7-6-14-31-62-66(72)37-23-38-69(62)74(54-42-40-51(41-43-54)57-32-22-33-61-59-30-16-18-34-64(59)71(4,5)70(57)61)55-44-45-60-58-29-17-20-36-67(58)73(68(60)48-55,52-24-10-8-11-25-52)53-26-12-9-13-27-53/h6-30,32-46,48-49H,31,47H2,1-5H3/b14-6-,21-7-,46-39-. The van der Waals surface area contributed by atoms with Crippen molar-refractivity contribution in [2.45, 2.75) is 63.7 Å². The van der Waals surface area contributed by atoms with Gasteiger partial charge in [-0.05, 0) is 156 Å². The molecule has 358 valence electrons. The van der Waals surface area contributed by atoms with Gasteiger partial charge in [-0.25, -0.2) is 0 Å². The van der Waals surface area contributed by atoms with Crippen molar-refractivity contribution in [3.63, 3.8) is 0 Å². The maximum Gasteiger partial charge on any atom is 0.0714 e. The average Bonchev–Trinajstić information content (AvgIpc) is 4.00. The molecule has 0 aliphatic heterocycles. The van der Waals surface area contributed by atoms with Gasteiger partial charge in [0, 0.05) is 27.9 Å². The summed E-state index contributed by atoms with van der Waals surface area (Å²) in [5, 5.41) is 0. The van der Waals surface area contributed by atoms with Crippen LogP contribution in [-0.2, 0) is 22.7 Å². The fourth-order valence-corrected chi connectivity index (χ4v) is 13.8. The topological polar surface area (TPSA) is 3.24 Å². The molecule has 1 heteroatoms. The van der Waals surface area contributed by atoms with Crippen LogP contribution in [0.15, 0.2) is 254 Å². The zero-order valence-electron chi connectivity index (χ0n) is 43.1. The number of fused-ring (bicyclic) bond motifs is 10. The van der Waals surface area contributed by atoms with Gasteiger partial charge in [0.1, 0.15) is 0 Å². The summed E-state index contributed by atoms with van der Waals surface area (Å²) in [5.41, 5.74) is 26.2. The highest BCUT2D eigenvalue weighted by atomic mass is 15.1. The minimum atomic E-state index is -0.548. The summed E-state index contributed by atoms with van der Waals surface area (Å²) < 4.78 is 0. The van der Waals surface area contributed by atoms with Gasteiger partial charge in [0.15, 0.2) is 0 Å². The van der Waals surface area contributed by atoms with E-state index in [2.05, 4.69) is 288 Å². The number of allylic oxidation sites excluding steroid dienone is 8. The van der Waals surface area contributed by atoms with Gasteiger partial charge in [-0.15, -0.1) is 0 Å². The summed E-state index contributed by atoms with van der Waals surface area (Å²) >= 11 is 0. The predicted molar refractivity (Wildman–Crippen MR) is 312 cm³/mol. The average molecular weight is 952 g/mol. The third-order valence-corrected chi connectivity index (χ3v) is 17.0. The molecule has 1 spiro atoms. The first kappa shape index (κ1) is 45.6. The normalized spacial score (nSPS) is 18.2. The molecule has 0 bridgehead atoms. The molecule has 0 radical (unpaired) electrons. The van der Waals surface area contributed by atoms with Crippen LogP contribution in [0.25, 0.3) is 39.0 Å². The molecule has 4 aliphatic carbocycles. The van der Waals surface area contributed by atoms with Crippen LogP contribution in [0.2, 0.25) is 0 Å². The molecular formula is C73H61N. The van der Waals surface area contributed by atoms with Gasteiger partial charge >= 0.3 is 0 Å². The molecule has 9 aromatic carbocycles. The molecule has 0 saturated carbocycles. The molecule has 0 heterocycles. The highest BCUT2D eigenvalue weighted by Gasteiger charge is 2.48. The minimum Gasteiger partial charge on any atom is -0.310 e. The van der Waals surface area contributed by atoms with Crippen molar-refractivity contribution >= 4 is 22.6 Å². The van der Waals surface area contributed by atoms with Crippen LogP contribution in [0.5, 0.6) is 0 Å². The Labute approximate surface area is 438 Å². The van der Waals surface area contributed by atoms with Gasteiger partial charge in [0.05, 0.1) is 5.41 Å². The van der Waals surface area contributed by atoms with Crippen molar-refractivity contribution < 1.29 is 0 Å². The first-order valence-electron chi connectivity index (χ1n) is 26.7. The van der Waals surface area contributed by atoms with Gasteiger partial charge in [-0.2, -0.15) is 0 Å². The summed E-state index contributed by atoms with van der Waals surface area (Å²) in [6, 6.07) is 80.5. The minimum absolute atomic E-state index is 0.133. The number of hydrogen-bond acceptors (Lipinski definition) is 1. The maximum atomic E-state index is 2.58. The van der Waals surface area contributed by atoms with Crippen molar-refractivity contribution in [1.29, 1.82) is 0 Å². The summed E-state index contributed by atoms with van der Waals surface area (Å²) in [6.07, 6.45) is 15.8. The highest BCUT2D eigenvalue weighted by molar-refractivity contribution is 5.93. The number of rotatable bonds is 8. The van der Waals surface area contributed by atoms with Crippen molar-refractivity contribution in [3.05, 3.63) is 310 Å². The van der Waals surface area contributed by atoms with Crippen LogP contribution >= 0.6 is 0 Å². The summed E-state index contributed by atoms with van der Waals surface area (Å²) in [7, 11) is 0. The number of nitrogens with zero attached hydrogens (tertiary/aromatic N) is 1. The Morgan fingerprint density at radius 1 is 0.473 bits per heavy atom. The van der Waals surface area contributed by atoms with E-state index < -0.39 is 10.8 Å². The van der Waals surface area contributed by atoms with Gasteiger partial charge < -0.3 is 4.90 Å². The Morgan fingerprint density at radius 2 is 1.03 bits per heavy atom. The van der Waals surface area contributed by atoms with E-state index in [9.17, 15) is 0 Å². The fourth-order valence-electron chi connectivity index (χ4n) is 13.8. The summed E-state index contributed by atoms with van der Waals surface area (Å²) in [6.45, 7) is 11.7. The van der Waals surface area contributed by atoms with Crippen LogP contribution in [0, 0.1) is 5.92 Å². The Morgan fingerprint density at radius 3 is 1.74 bits per heavy atom. The molecule has 1 unspecified atom stereocenters. The van der Waals surface area contributed by atoms with E-state index in [0.29, 0.717) is 5.92 Å². The van der Waals surface area contributed by atoms with E-state index in [1.165, 1.54) is 106 Å². The Bertz CT molecular complexity index is 3740. The second kappa shape index (κ2) is 17.7. The largest absolute Gasteiger partial charge is 0.310 e. The van der Waals surface area contributed by atoms with E-state index in [1.807, 2.05) is 0 Å². The molecule has 0 aromatic heterocycles. The van der Waals surface area contributed by atoms with E-state index >= 15 is 0 Å². The Hall–Kier alpha value is -8.26. The molecule has 4 aliphatic rings. The summed E-state index contributed by atoms with van der Waals surface area (Å²) in [5.74, 6) is 0.414. The fraction of sp³-hybridized carbons (Fsp3) is 0.151.